The fourth-order valence-corrected chi connectivity index (χ4v) is 2.60. The molecule has 0 spiro atoms. The summed E-state index contributed by atoms with van der Waals surface area (Å²) in [5.41, 5.74) is 2.63. The molecule has 1 aromatic heterocycles. The molecule has 1 aromatic carbocycles. The first-order chi connectivity index (χ1) is 12.8. The number of pyridine rings is 1. The fourth-order valence-electron chi connectivity index (χ4n) is 2.33. The zero-order chi connectivity index (χ0) is 20.2. The van der Waals surface area contributed by atoms with Crippen LogP contribution in [0.4, 0.5) is 0 Å². The lowest BCUT2D eigenvalue weighted by Gasteiger charge is -2.20. The van der Waals surface area contributed by atoms with Crippen LogP contribution in [0.25, 0.3) is 0 Å². The van der Waals surface area contributed by atoms with Gasteiger partial charge in [-0.2, -0.15) is 0 Å². The summed E-state index contributed by atoms with van der Waals surface area (Å²) < 4.78 is 1.12. The van der Waals surface area contributed by atoms with Crippen molar-refractivity contribution in [2.45, 2.75) is 12.3 Å². The van der Waals surface area contributed by atoms with Gasteiger partial charge < -0.3 is 15.1 Å². The van der Waals surface area contributed by atoms with E-state index in [1.54, 1.807) is 0 Å². The molecule has 0 amide bonds. The molecule has 2 rings (SSSR count). The lowest BCUT2D eigenvalue weighted by atomic mass is 9.89. The quantitative estimate of drug-likeness (QED) is 0.646. The van der Waals surface area contributed by atoms with Crippen LogP contribution in [0.15, 0.2) is 65.4 Å². The van der Waals surface area contributed by atoms with Gasteiger partial charge in [0.2, 0.25) is 0 Å². The van der Waals surface area contributed by atoms with E-state index in [1.807, 2.05) is 18.5 Å². The highest BCUT2D eigenvalue weighted by atomic mass is 79.9. The molecular formula is C20H23BrN2O4. The zero-order valence-electron chi connectivity index (χ0n) is 15.2. The summed E-state index contributed by atoms with van der Waals surface area (Å²) >= 11 is 3.49. The zero-order valence-corrected chi connectivity index (χ0v) is 16.8. The van der Waals surface area contributed by atoms with E-state index < -0.39 is 11.9 Å². The van der Waals surface area contributed by atoms with Gasteiger partial charge in [-0.1, -0.05) is 34.1 Å². The molecule has 0 bridgehead atoms. The second kappa shape index (κ2) is 12.0. The fraction of sp³-hybridized carbons (Fsp3) is 0.250. The van der Waals surface area contributed by atoms with Crippen LogP contribution in [0, 0.1) is 0 Å². The smallest absolute Gasteiger partial charge is 0.328 e. The van der Waals surface area contributed by atoms with Crippen LogP contribution in [0.3, 0.4) is 0 Å². The molecule has 2 N–H and O–H groups in total. The maximum absolute atomic E-state index is 9.55. The SMILES string of the molecule is CN(C)CC[C@@H](c1ccc(Br)cc1)c1cccnc1.O=C(O)/C=C\C(=O)O. The van der Waals surface area contributed by atoms with Gasteiger partial charge in [-0.25, -0.2) is 9.59 Å². The number of nitrogens with zero attached hydrogens (tertiary/aromatic N) is 2. The highest BCUT2D eigenvalue weighted by Gasteiger charge is 2.14. The summed E-state index contributed by atoms with van der Waals surface area (Å²) in [5, 5.41) is 15.6. The topological polar surface area (TPSA) is 90.7 Å². The first-order valence-electron chi connectivity index (χ1n) is 8.23. The van der Waals surface area contributed by atoms with Gasteiger partial charge in [0.15, 0.2) is 0 Å². The Kier molecular flexibility index (Phi) is 10.00. The van der Waals surface area contributed by atoms with Gasteiger partial charge in [-0.15, -0.1) is 0 Å². The number of hydrogen-bond donors (Lipinski definition) is 2. The van der Waals surface area contributed by atoms with Crippen molar-refractivity contribution in [1.82, 2.24) is 9.88 Å². The predicted molar refractivity (Wildman–Crippen MR) is 108 cm³/mol. The molecule has 27 heavy (non-hydrogen) atoms. The molecule has 0 aliphatic rings. The Morgan fingerprint density at radius 2 is 1.67 bits per heavy atom. The largest absolute Gasteiger partial charge is 0.478 e. The summed E-state index contributed by atoms with van der Waals surface area (Å²) in [6.07, 6.45) is 6.02. The maximum atomic E-state index is 9.55. The van der Waals surface area contributed by atoms with E-state index in [2.05, 4.69) is 70.2 Å². The second-order valence-corrected chi connectivity index (χ2v) is 6.91. The van der Waals surface area contributed by atoms with Crippen LogP contribution in [-0.2, 0) is 9.59 Å². The molecule has 2 aromatic rings. The number of carbonyl (C=O) groups is 2. The molecule has 0 fully saturated rings. The second-order valence-electron chi connectivity index (χ2n) is 5.99. The number of halogens is 1. The van der Waals surface area contributed by atoms with Crippen LogP contribution in [0.5, 0.6) is 0 Å². The van der Waals surface area contributed by atoms with Crippen molar-refractivity contribution in [3.63, 3.8) is 0 Å². The van der Waals surface area contributed by atoms with Gasteiger partial charge in [0.05, 0.1) is 0 Å². The number of rotatable bonds is 7. The van der Waals surface area contributed by atoms with E-state index in [1.165, 1.54) is 11.1 Å². The highest BCUT2D eigenvalue weighted by molar-refractivity contribution is 9.10. The minimum absolute atomic E-state index is 0.407. The van der Waals surface area contributed by atoms with E-state index in [-0.39, 0.29) is 0 Å². The molecule has 6 nitrogen and oxygen atoms in total. The van der Waals surface area contributed by atoms with Crippen molar-refractivity contribution >= 4 is 27.9 Å². The first kappa shape index (κ1) is 22.5. The Bertz CT molecular complexity index is 730. The highest BCUT2D eigenvalue weighted by Crippen LogP contribution is 2.28. The average Bonchev–Trinajstić information content (AvgIpc) is 2.63. The number of hydrogen-bond acceptors (Lipinski definition) is 4. The number of carboxylic acid groups (broad SMARTS) is 2. The molecular weight excluding hydrogens is 412 g/mol. The summed E-state index contributed by atoms with van der Waals surface area (Å²) in [7, 11) is 4.23. The van der Waals surface area contributed by atoms with E-state index >= 15 is 0 Å². The maximum Gasteiger partial charge on any atom is 0.328 e. The molecule has 7 heteroatoms. The lowest BCUT2D eigenvalue weighted by molar-refractivity contribution is -0.134. The Labute approximate surface area is 167 Å². The van der Waals surface area contributed by atoms with Gasteiger partial charge in [0, 0.05) is 34.9 Å². The Morgan fingerprint density at radius 3 is 2.11 bits per heavy atom. The third kappa shape index (κ3) is 9.67. The molecule has 0 radical (unpaired) electrons. The van der Waals surface area contributed by atoms with Gasteiger partial charge in [-0.3, -0.25) is 4.98 Å². The van der Waals surface area contributed by atoms with Crippen molar-refractivity contribution in [1.29, 1.82) is 0 Å². The summed E-state index contributed by atoms with van der Waals surface area (Å²) in [6.45, 7) is 1.07. The number of aliphatic carboxylic acids is 2. The number of benzene rings is 1. The van der Waals surface area contributed by atoms with Crippen LogP contribution >= 0.6 is 15.9 Å². The van der Waals surface area contributed by atoms with E-state index in [9.17, 15) is 9.59 Å². The third-order valence-electron chi connectivity index (χ3n) is 3.59. The molecule has 0 saturated carbocycles. The van der Waals surface area contributed by atoms with Crippen molar-refractivity contribution < 1.29 is 19.8 Å². The predicted octanol–water partition coefficient (Wildman–Crippen LogP) is 3.64. The van der Waals surface area contributed by atoms with Crippen LogP contribution in [-0.4, -0.2) is 52.7 Å². The summed E-state index contributed by atoms with van der Waals surface area (Å²) in [6, 6.07) is 12.8. The van der Waals surface area contributed by atoms with E-state index in [0.29, 0.717) is 18.1 Å². The van der Waals surface area contributed by atoms with Crippen LogP contribution in [0.1, 0.15) is 23.5 Å². The summed E-state index contributed by atoms with van der Waals surface area (Å²) in [4.78, 5) is 25.6. The average molecular weight is 435 g/mol. The minimum atomic E-state index is -1.26. The Balaban J connectivity index is 0.000000387. The Morgan fingerprint density at radius 1 is 1.07 bits per heavy atom. The molecule has 1 heterocycles. The van der Waals surface area contributed by atoms with Crippen molar-refractivity contribution in [3.05, 3.63) is 76.5 Å². The molecule has 0 aliphatic carbocycles. The normalized spacial score (nSPS) is 11.7. The van der Waals surface area contributed by atoms with Gasteiger partial charge in [0.1, 0.15) is 0 Å². The minimum Gasteiger partial charge on any atom is -0.478 e. The van der Waals surface area contributed by atoms with Crippen LogP contribution < -0.4 is 0 Å². The lowest BCUT2D eigenvalue weighted by Crippen LogP contribution is -2.16. The van der Waals surface area contributed by atoms with Crippen molar-refractivity contribution in [2.75, 3.05) is 20.6 Å². The van der Waals surface area contributed by atoms with Crippen molar-refractivity contribution in [3.8, 4) is 0 Å². The molecule has 1 atom stereocenters. The van der Waals surface area contributed by atoms with E-state index in [4.69, 9.17) is 10.2 Å². The Hall–Kier alpha value is -2.51. The molecule has 0 aliphatic heterocycles. The molecule has 144 valence electrons. The third-order valence-corrected chi connectivity index (χ3v) is 4.12. The summed E-state index contributed by atoms with van der Waals surface area (Å²) in [5.74, 6) is -2.11. The molecule has 0 unspecified atom stereocenters. The van der Waals surface area contributed by atoms with Gasteiger partial charge in [-0.05, 0) is 56.4 Å². The molecule has 0 saturated heterocycles. The van der Waals surface area contributed by atoms with Crippen LogP contribution in [0.2, 0.25) is 0 Å². The van der Waals surface area contributed by atoms with Crippen molar-refractivity contribution in [2.24, 2.45) is 0 Å². The van der Waals surface area contributed by atoms with Gasteiger partial charge in [0.25, 0.3) is 0 Å². The first-order valence-corrected chi connectivity index (χ1v) is 9.03. The van der Waals surface area contributed by atoms with E-state index in [0.717, 1.165) is 17.4 Å². The van der Waals surface area contributed by atoms with Gasteiger partial charge >= 0.3 is 11.9 Å². The number of carboxylic acids is 2. The number of aromatic nitrogens is 1. The standard InChI is InChI=1S/C16H19BrN2.C4H4O4/c1-19(2)11-9-16(14-4-3-10-18-12-14)13-5-7-15(17)8-6-13;5-3(6)1-2-4(7)8/h3-8,10,12,16H,9,11H2,1-2H3;1-2H,(H,5,6)(H,7,8)/b;2-1-/t16-;/m0./s1. The monoisotopic (exact) mass is 434 g/mol.